The summed E-state index contributed by atoms with van der Waals surface area (Å²) in [7, 11) is 5.45. The van der Waals surface area contributed by atoms with Crippen LogP contribution in [-0.4, -0.2) is 40.4 Å². The molecule has 6 nitrogen and oxygen atoms in total. The molecule has 0 aromatic heterocycles. The van der Waals surface area contributed by atoms with Gasteiger partial charge in [0.15, 0.2) is 0 Å². The minimum absolute atomic E-state index is 0.226. The molecule has 0 atom stereocenters. The first-order chi connectivity index (χ1) is 9.57. The van der Waals surface area contributed by atoms with Gasteiger partial charge in [-0.1, -0.05) is 0 Å². The highest BCUT2D eigenvalue weighted by Crippen LogP contribution is 2.30. The van der Waals surface area contributed by atoms with Crippen LogP contribution >= 0.6 is 0 Å². The van der Waals surface area contributed by atoms with Gasteiger partial charge < -0.3 is 18.9 Å². The highest BCUT2D eigenvalue weighted by atomic mass is 16.5. The van der Waals surface area contributed by atoms with E-state index in [0.717, 1.165) is 0 Å². The maximum Gasteiger partial charge on any atom is 0.338 e. The average molecular weight is 280 g/mol. The van der Waals surface area contributed by atoms with Gasteiger partial charge in [-0.2, -0.15) is 0 Å². The summed E-state index contributed by atoms with van der Waals surface area (Å²) in [6.07, 6.45) is 2.62. The van der Waals surface area contributed by atoms with E-state index in [1.165, 1.54) is 46.7 Å². The second-order valence-corrected chi connectivity index (χ2v) is 3.64. The van der Waals surface area contributed by atoms with Crippen LogP contribution in [-0.2, 0) is 14.3 Å². The SMILES string of the molecule is COC(=O)/C=C/c1c(OC)cc(OC)cc1C(=O)OC. The van der Waals surface area contributed by atoms with Gasteiger partial charge in [-0.05, 0) is 12.1 Å². The number of rotatable bonds is 5. The van der Waals surface area contributed by atoms with Crippen LogP contribution in [0.4, 0.5) is 0 Å². The van der Waals surface area contributed by atoms with Gasteiger partial charge in [-0.15, -0.1) is 0 Å². The Kier molecular flexibility index (Phi) is 5.58. The van der Waals surface area contributed by atoms with Crippen LogP contribution in [0.2, 0.25) is 0 Å². The lowest BCUT2D eigenvalue weighted by atomic mass is 10.0. The Hall–Kier alpha value is -2.50. The van der Waals surface area contributed by atoms with Gasteiger partial charge in [0.05, 0.1) is 34.0 Å². The zero-order chi connectivity index (χ0) is 15.1. The first kappa shape index (κ1) is 15.6. The molecule has 0 aliphatic rings. The van der Waals surface area contributed by atoms with E-state index in [1.807, 2.05) is 0 Å². The number of methoxy groups -OCH3 is 4. The molecule has 0 saturated heterocycles. The fraction of sp³-hybridized carbons (Fsp3) is 0.286. The van der Waals surface area contributed by atoms with Crippen molar-refractivity contribution in [3.8, 4) is 11.5 Å². The molecule has 0 radical (unpaired) electrons. The third kappa shape index (κ3) is 3.50. The van der Waals surface area contributed by atoms with E-state index in [9.17, 15) is 9.59 Å². The summed E-state index contributed by atoms with van der Waals surface area (Å²) in [6.45, 7) is 0. The highest BCUT2D eigenvalue weighted by molar-refractivity contribution is 5.97. The summed E-state index contributed by atoms with van der Waals surface area (Å²) >= 11 is 0. The average Bonchev–Trinajstić information content (AvgIpc) is 2.50. The Morgan fingerprint density at radius 2 is 1.70 bits per heavy atom. The Bertz CT molecular complexity index is 533. The second kappa shape index (κ2) is 7.18. The molecule has 0 bridgehead atoms. The van der Waals surface area contributed by atoms with Gasteiger partial charge in [-0.3, -0.25) is 0 Å². The van der Waals surface area contributed by atoms with Gasteiger partial charge >= 0.3 is 11.9 Å². The minimum atomic E-state index is -0.563. The maximum atomic E-state index is 11.8. The first-order valence-corrected chi connectivity index (χ1v) is 5.67. The molecule has 0 aliphatic heterocycles. The minimum Gasteiger partial charge on any atom is -0.497 e. The van der Waals surface area contributed by atoms with Crippen LogP contribution in [0.5, 0.6) is 11.5 Å². The van der Waals surface area contributed by atoms with E-state index in [0.29, 0.717) is 17.1 Å². The summed E-state index contributed by atoms with van der Waals surface area (Å²) in [5.74, 6) is -0.284. The lowest BCUT2D eigenvalue weighted by molar-refractivity contribution is -0.134. The molecule has 1 aromatic rings. The molecule has 20 heavy (non-hydrogen) atoms. The zero-order valence-electron chi connectivity index (χ0n) is 11.8. The molecule has 0 aliphatic carbocycles. The van der Waals surface area contributed by atoms with E-state index in [2.05, 4.69) is 4.74 Å². The molecule has 0 fully saturated rings. The molecule has 1 aromatic carbocycles. The van der Waals surface area contributed by atoms with E-state index >= 15 is 0 Å². The van der Waals surface area contributed by atoms with Crippen LogP contribution in [0.15, 0.2) is 18.2 Å². The molecular weight excluding hydrogens is 264 g/mol. The first-order valence-electron chi connectivity index (χ1n) is 5.67. The number of hydrogen-bond acceptors (Lipinski definition) is 6. The van der Waals surface area contributed by atoms with Crippen molar-refractivity contribution in [2.24, 2.45) is 0 Å². The number of ether oxygens (including phenoxy) is 4. The number of carbonyl (C=O) groups is 2. The fourth-order valence-electron chi connectivity index (χ4n) is 1.56. The van der Waals surface area contributed by atoms with Crippen molar-refractivity contribution < 1.29 is 28.5 Å². The lowest BCUT2D eigenvalue weighted by Gasteiger charge is -2.12. The Labute approximate surface area is 116 Å². The molecule has 0 spiro atoms. The largest absolute Gasteiger partial charge is 0.497 e. The summed E-state index contributed by atoms with van der Waals surface area (Å²) in [6, 6.07) is 3.11. The molecule has 0 amide bonds. The van der Waals surface area contributed by atoms with Crippen LogP contribution in [0, 0.1) is 0 Å². The molecule has 6 heteroatoms. The lowest BCUT2D eigenvalue weighted by Crippen LogP contribution is -2.06. The molecule has 0 unspecified atom stereocenters. The molecule has 0 saturated carbocycles. The predicted molar refractivity (Wildman–Crippen MR) is 71.9 cm³/mol. The number of carbonyl (C=O) groups excluding carboxylic acids is 2. The summed E-state index contributed by atoms with van der Waals surface area (Å²) in [5.41, 5.74) is 0.634. The monoisotopic (exact) mass is 280 g/mol. The van der Waals surface area contributed by atoms with Crippen molar-refractivity contribution in [1.29, 1.82) is 0 Å². The van der Waals surface area contributed by atoms with E-state index in [-0.39, 0.29) is 5.56 Å². The third-order valence-electron chi connectivity index (χ3n) is 2.56. The second-order valence-electron chi connectivity index (χ2n) is 3.64. The van der Waals surface area contributed by atoms with Crippen LogP contribution in [0.3, 0.4) is 0 Å². The van der Waals surface area contributed by atoms with Crippen LogP contribution in [0.25, 0.3) is 6.08 Å². The topological polar surface area (TPSA) is 71.1 Å². The summed E-state index contributed by atoms with van der Waals surface area (Å²) < 4.78 is 19.5. The highest BCUT2D eigenvalue weighted by Gasteiger charge is 2.17. The van der Waals surface area contributed by atoms with Gasteiger partial charge in [-0.25, -0.2) is 9.59 Å². The Balaban J connectivity index is 3.40. The molecule has 1 rings (SSSR count). The fourth-order valence-corrected chi connectivity index (χ4v) is 1.56. The Morgan fingerprint density at radius 1 is 1.00 bits per heavy atom. The molecule has 0 heterocycles. The standard InChI is InChI=1S/C14H16O6/c1-17-9-7-11(14(16)20-4)10(12(8-9)18-2)5-6-13(15)19-3/h5-8H,1-4H3/b6-5+. The zero-order valence-corrected chi connectivity index (χ0v) is 11.8. The quantitative estimate of drug-likeness (QED) is 0.603. The van der Waals surface area contributed by atoms with Crippen molar-refractivity contribution in [2.45, 2.75) is 0 Å². The molecule has 0 N–H and O–H groups in total. The Morgan fingerprint density at radius 3 is 2.20 bits per heavy atom. The van der Waals surface area contributed by atoms with Gasteiger partial charge in [0.2, 0.25) is 0 Å². The van der Waals surface area contributed by atoms with E-state index < -0.39 is 11.9 Å². The summed E-state index contributed by atoms with van der Waals surface area (Å²) in [4.78, 5) is 23.0. The van der Waals surface area contributed by atoms with Gasteiger partial charge in [0.1, 0.15) is 11.5 Å². The van der Waals surface area contributed by atoms with E-state index in [1.54, 1.807) is 6.07 Å². The maximum absolute atomic E-state index is 11.8. The van der Waals surface area contributed by atoms with E-state index in [4.69, 9.17) is 14.2 Å². The van der Waals surface area contributed by atoms with Gasteiger partial charge in [0, 0.05) is 17.7 Å². The van der Waals surface area contributed by atoms with Crippen molar-refractivity contribution in [3.63, 3.8) is 0 Å². The van der Waals surface area contributed by atoms with Crippen LogP contribution in [0.1, 0.15) is 15.9 Å². The molecule has 108 valence electrons. The normalized spacial score (nSPS) is 10.2. The van der Waals surface area contributed by atoms with Gasteiger partial charge in [0.25, 0.3) is 0 Å². The third-order valence-corrected chi connectivity index (χ3v) is 2.56. The predicted octanol–water partition coefficient (Wildman–Crippen LogP) is 1.68. The van der Waals surface area contributed by atoms with Crippen molar-refractivity contribution in [1.82, 2.24) is 0 Å². The van der Waals surface area contributed by atoms with Crippen LogP contribution < -0.4 is 9.47 Å². The van der Waals surface area contributed by atoms with Crippen molar-refractivity contribution in [2.75, 3.05) is 28.4 Å². The van der Waals surface area contributed by atoms with Crippen molar-refractivity contribution in [3.05, 3.63) is 29.3 Å². The smallest absolute Gasteiger partial charge is 0.338 e. The molecular formula is C14H16O6. The summed E-state index contributed by atoms with van der Waals surface area (Å²) in [5, 5.41) is 0. The number of esters is 2. The number of hydrogen-bond donors (Lipinski definition) is 0. The van der Waals surface area contributed by atoms with Crippen molar-refractivity contribution >= 4 is 18.0 Å². The number of benzene rings is 1.